The summed E-state index contributed by atoms with van der Waals surface area (Å²) < 4.78 is 26.8. The van der Waals surface area contributed by atoms with Gasteiger partial charge in [-0.3, -0.25) is 19.1 Å². The summed E-state index contributed by atoms with van der Waals surface area (Å²) in [7, 11) is -3.83. The van der Waals surface area contributed by atoms with Crippen molar-refractivity contribution in [1.29, 1.82) is 0 Å². The highest BCUT2D eigenvalue weighted by atomic mass is 35.5. The first-order valence-electron chi connectivity index (χ1n) is 6.36. The van der Waals surface area contributed by atoms with Crippen LogP contribution in [0.4, 0.5) is 5.69 Å². The second-order valence-electron chi connectivity index (χ2n) is 4.70. The van der Waals surface area contributed by atoms with Gasteiger partial charge in [0, 0.05) is 12.1 Å². The van der Waals surface area contributed by atoms with Crippen LogP contribution in [0.2, 0.25) is 0 Å². The number of aliphatic hydroxyl groups is 1. The van der Waals surface area contributed by atoms with Crippen molar-refractivity contribution in [2.45, 2.75) is 17.0 Å². The number of halogens is 2. The van der Waals surface area contributed by atoms with Gasteiger partial charge in [-0.1, -0.05) is 23.2 Å². The first kappa shape index (κ1) is 20.6. The third kappa shape index (κ3) is 6.57. The number of rotatable bonds is 8. The average molecular weight is 401 g/mol. The fourth-order valence-corrected chi connectivity index (χ4v) is 2.20. The van der Waals surface area contributed by atoms with E-state index in [1.54, 1.807) is 0 Å². The van der Waals surface area contributed by atoms with E-state index in [0.29, 0.717) is 0 Å². The topological polar surface area (TPSA) is 136 Å². The molecule has 2 atom stereocenters. The monoisotopic (exact) mass is 400 g/mol. The summed E-state index contributed by atoms with van der Waals surface area (Å²) in [6, 6.07) is 3.64. The lowest BCUT2D eigenvalue weighted by Crippen LogP contribution is -2.45. The maximum Gasteiger partial charge on any atom is 0.269 e. The van der Waals surface area contributed by atoms with Crippen LogP contribution in [-0.2, 0) is 19.1 Å². The summed E-state index contributed by atoms with van der Waals surface area (Å²) in [5.41, 5.74) is 0.00389. The Hall–Kier alpha value is -1.46. The normalized spacial score (nSPS) is 14.2. The fraction of sp³-hybridized carbons (Fsp3) is 0.417. The SMILES string of the molecule is CS(=O)(=O)OC[C@@H](NC(=O)C(Cl)Cl)[C@H](O)c1ccc([N+](=O)[O-])cc1. The summed E-state index contributed by atoms with van der Waals surface area (Å²) in [5.74, 6) is -0.860. The van der Waals surface area contributed by atoms with Crippen molar-refractivity contribution < 1.29 is 27.4 Å². The molecule has 1 amide bonds. The van der Waals surface area contributed by atoms with Crippen LogP contribution in [0.25, 0.3) is 0 Å². The summed E-state index contributed by atoms with van der Waals surface area (Å²) in [4.78, 5) is 20.1. The second-order valence-corrected chi connectivity index (χ2v) is 7.44. The number of amides is 1. The third-order valence-electron chi connectivity index (χ3n) is 2.81. The number of benzene rings is 1. The van der Waals surface area contributed by atoms with Gasteiger partial charge < -0.3 is 10.4 Å². The van der Waals surface area contributed by atoms with Gasteiger partial charge in [-0.2, -0.15) is 8.42 Å². The van der Waals surface area contributed by atoms with Crippen molar-refractivity contribution in [2.75, 3.05) is 12.9 Å². The van der Waals surface area contributed by atoms with Crippen LogP contribution in [0.5, 0.6) is 0 Å². The van der Waals surface area contributed by atoms with Gasteiger partial charge >= 0.3 is 0 Å². The summed E-state index contributed by atoms with van der Waals surface area (Å²) in [5, 5.41) is 23.2. The predicted molar refractivity (Wildman–Crippen MR) is 86.3 cm³/mol. The molecule has 24 heavy (non-hydrogen) atoms. The molecule has 2 N–H and O–H groups in total. The van der Waals surface area contributed by atoms with E-state index in [9.17, 15) is 28.4 Å². The highest BCUT2D eigenvalue weighted by molar-refractivity contribution is 7.85. The zero-order chi connectivity index (χ0) is 18.5. The van der Waals surface area contributed by atoms with E-state index in [2.05, 4.69) is 9.50 Å². The number of nitrogens with one attached hydrogen (secondary N) is 1. The van der Waals surface area contributed by atoms with Gasteiger partial charge in [0.1, 0.15) is 6.10 Å². The second kappa shape index (κ2) is 8.58. The first-order valence-corrected chi connectivity index (χ1v) is 9.05. The van der Waals surface area contributed by atoms with Gasteiger partial charge in [0.15, 0.2) is 4.84 Å². The number of nitro benzene ring substituents is 1. The molecular weight excluding hydrogens is 387 g/mol. The van der Waals surface area contributed by atoms with E-state index in [4.69, 9.17) is 23.2 Å². The highest BCUT2D eigenvalue weighted by Gasteiger charge is 2.27. The molecule has 0 radical (unpaired) electrons. The van der Waals surface area contributed by atoms with Crippen LogP contribution in [0.3, 0.4) is 0 Å². The quantitative estimate of drug-likeness (QED) is 0.286. The Bertz CT molecular complexity index is 694. The molecule has 0 fully saturated rings. The molecule has 134 valence electrons. The zero-order valence-electron chi connectivity index (χ0n) is 12.3. The van der Waals surface area contributed by atoms with E-state index < -0.39 is 44.5 Å². The van der Waals surface area contributed by atoms with Gasteiger partial charge in [0.2, 0.25) is 0 Å². The van der Waals surface area contributed by atoms with Crippen LogP contribution in [0.15, 0.2) is 24.3 Å². The number of hydrogen-bond donors (Lipinski definition) is 2. The number of non-ortho nitro benzene ring substituents is 1. The first-order chi connectivity index (χ1) is 11.0. The van der Waals surface area contributed by atoms with E-state index >= 15 is 0 Å². The van der Waals surface area contributed by atoms with Crippen molar-refractivity contribution in [3.05, 3.63) is 39.9 Å². The standard InChI is InChI=1S/C12H14Cl2N2O7S/c1-24(21,22)23-6-9(15-12(18)11(13)14)10(17)7-2-4-8(5-3-7)16(19)20/h2-5,9-11,17H,6H2,1H3,(H,15,18)/t9-,10-/m1/s1. The molecule has 0 aliphatic rings. The van der Waals surface area contributed by atoms with Crippen LogP contribution in [0, 0.1) is 10.1 Å². The fourth-order valence-electron chi connectivity index (χ4n) is 1.68. The molecule has 0 saturated heterocycles. The lowest BCUT2D eigenvalue weighted by atomic mass is 10.0. The Balaban J connectivity index is 2.98. The molecule has 0 aliphatic heterocycles. The van der Waals surface area contributed by atoms with Crippen LogP contribution in [0.1, 0.15) is 11.7 Å². The number of carbonyl (C=O) groups is 1. The minimum atomic E-state index is -3.83. The molecule has 0 saturated carbocycles. The highest BCUT2D eigenvalue weighted by Crippen LogP contribution is 2.21. The predicted octanol–water partition coefficient (Wildman–Crippen LogP) is 0.893. The molecule has 0 aromatic heterocycles. The lowest BCUT2D eigenvalue weighted by molar-refractivity contribution is -0.384. The molecule has 12 heteroatoms. The molecule has 0 unspecified atom stereocenters. The molecule has 0 bridgehead atoms. The van der Waals surface area contributed by atoms with Crippen LogP contribution >= 0.6 is 23.2 Å². The van der Waals surface area contributed by atoms with Gasteiger partial charge in [0.25, 0.3) is 21.7 Å². The maximum atomic E-state index is 11.6. The van der Waals surface area contributed by atoms with Gasteiger partial charge in [-0.05, 0) is 17.7 Å². The molecule has 0 spiro atoms. The van der Waals surface area contributed by atoms with E-state index in [1.807, 2.05) is 0 Å². The molecule has 0 heterocycles. The summed E-state index contributed by atoms with van der Waals surface area (Å²) in [6.07, 6.45) is -0.612. The Kier molecular flexibility index (Phi) is 7.36. The molecule has 1 rings (SSSR count). The smallest absolute Gasteiger partial charge is 0.269 e. The lowest BCUT2D eigenvalue weighted by Gasteiger charge is -2.24. The van der Waals surface area contributed by atoms with Gasteiger partial charge in [-0.25, -0.2) is 0 Å². The van der Waals surface area contributed by atoms with Crippen molar-refractivity contribution >= 4 is 44.9 Å². The molecule has 9 nitrogen and oxygen atoms in total. The average Bonchev–Trinajstić information content (AvgIpc) is 2.49. The van der Waals surface area contributed by atoms with Crippen molar-refractivity contribution in [2.24, 2.45) is 0 Å². The number of aliphatic hydroxyl groups excluding tert-OH is 1. The van der Waals surface area contributed by atoms with E-state index in [0.717, 1.165) is 18.4 Å². The van der Waals surface area contributed by atoms with Gasteiger partial charge in [0.05, 0.1) is 23.8 Å². The Morgan fingerprint density at radius 2 is 1.92 bits per heavy atom. The Morgan fingerprint density at radius 1 is 1.38 bits per heavy atom. The Morgan fingerprint density at radius 3 is 2.33 bits per heavy atom. The molecular formula is C12H14Cl2N2O7S. The van der Waals surface area contributed by atoms with Crippen molar-refractivity contribution in [3.8, 4) is 0 Å². The zero-order valence-corrected chi connectivity index (χ0v) is 14.6. The number of hydrogen-bond acceptors (Lipinski definition) is 7. The number of alkyl halides is 2. The van der Waals surface area contributed by atoms with Crippen LogP contribution in [-0.4, -0.2) is 48.1 Å². The number of nitro groups is 1. The third-order valence-corrected chi connectivity index (χ3v) is 3.77. The minimum Gasteiger partial charge on any atom is -0.386 e. The van der Waals surface area contributed by atoms with Crippen molar-refractivity contribution in [1.82, 2.24) is 5.32 Å². The van der Waals surface area contributed by atoms with E-state index in [1.165, 1.54) is 12.1 Å². The molecule has 1 aromatic carbocycles. The minimum absolute atomic E-state index is 0.194. The van der Waals surface area contributed by atoms with Crippen LogP contribution < -0.4 is 5.32 Å². The van der Waals surface area contributed by atoms with Crippen molar-refractivity contribution in [3.63, 3.8) is 0 Å². The summed E-state index contributed by atoms with van der Waals surface area (Å²) >= 11 is 10.8. The summed E-state index contributed by atoms with van der Waals surface area (Å²) in [6.45, 7) is -0.580. The maximum absolute atomic E-state index is 11.6. The number of nitrogens with zero attached hydrogens (tertiary/aromatic N) is 1. The largest absolute Gasteiger partial charge is 0.386 e. The molecule has 1 aromatic rings. The van der Waals surface area contributed by atoms with E-state index in [-0.39, 0.29) is 11.3 Å². The molecule has 0 aliphatic carbocycles. The number of carbonyl (C=O) groups excluding carboxylic acids is 1. The Labute approximate surface area is 147 Å². The van der Waals surface area contributed by atoms with Gasteiger partial charge in [-0.15, -0.1) is 0 Å².